The fourth-order valence-electron chi connectivity index (χ4n) is 2.68. The molecule has 2 aromatic heterocycles. The van der Waals surface area contributed by atoms with E-state index >= 15 is 0 Å². The maximum Gasteiger partial charge on any atom is 0.573 e. The highest BCUT2D eigenvalue weighted by atomic mass is 32.2. The number of nitrogens with zero attached hydrogens (tertiary/aromatic N) is 3. The van der Waals surface area contributed by atoms with Gasteiger partial charge in [0.05, 0.1) is 17.6 Å². The van der Waals surface area contributed by atoms with Crippen molar-refractivity contribution < 1.29 is 26.3 Å². The molecule has 148 valence electrons. The molecule has 0 bridgehead atoms. The van der Waals surface area contributed by atoms with Gasteiger partial charge in [0.15, 0.2) is 15.7 Å². The second-order valence-electron chi connectivity index (χ2n) is 5.86. The van der Waals surface area contributed by atoms with Crippen LogP contribution in [0.15, 0.2) is 53.7 Å². The normalized spacial score (nSPS) is 12.2. The van der Waals surface area contributed by atoms with E-state index in [2.05, 4.69) is 14.8 Å². The number of aromatic nitrogens is 3. The largest absolute Gasteiger partial charge is 0.573 e. The third kappa shape index (κ3) is 4.01. The van der Waals surface area contributed by atoms with E-state index in [1.165, 1.54) is 60.4 Å². The van der Waals surface area contributed by atoms with E-state index in [1.807, 2.05) is 0 Å². The molecular formula is C18H16F3N3O3S. The topological polar surface area (TPSA) is 74.1 Å². The maximum absolute atomic E-state index is 12.3. The lowest BCUT2D eigenvalue weighted by molar-refractivity contribution is -0.274. The van der Waals surface area contributed by atoms with Crippen molar-refractivity contribution in [3.63, 3.8) is 0 Å². The lowest BCUT2D eigenvalue weighted by Crippen LogP contribution is -2.16. The Morgan fingerprint density at radius 1 is 1.14 bits per heavy atom. The Labute approximate surface area is 159 Å². The van der Waals surface area contributed by atoms with Crippen molar-refractivity contribution in [2.24, 2.45) is 0 Å². The smallest absolute Gasteiger partial charge is 0.406 e. The van der Waals surface area contributed by atoms with Gasteiger partial charge in [0.25, 0.3) is 0 Å². The van der Waals surface area contributed by atoms with E-state index in [-0.39, 0.29) is 22.2 Å². The fourth-order valence-corrected chi connectivity index (χ4v) is 3.70. The minimum atomic E-state index is -4.76. The van der Waals surface area contributed by atoms with Crippen molar-refractivity contribution >= 4 is 9.84 Å². The van der Waals surface area contributed by atoms with E-state index in [0.717, 1.165) is 0 Å². The van der Waals surface area contributed by atoms with Gasteiger partial charge in [-0.05, 0) is 36.8 Å². The first-order chi connectivity index (χ1) is 13.1. The van der Waals surface area contributed by atoms with Crippen molar-refractivity contribution in [2.45, 2.75) is 25.1 Å². The summed E-state index contributed by atoms with van der Waals surface area (Å²) in [5, 5.41) is 4.23. The first-order valence-corrected chi connectivity index (χ1v) is 9.86. The number of alkyl halides is 3. The highest BCUT2D eigenvalue weighted by Crippen LogP contribution is 2.30. The number of pyridine rings is 1. The van der Waals surface area contributed by atoms with Crippen molar-refractivity contribution in [3.8, 4) is 22.7 Å². The summed E-state index contributed by atoms with van der Waals surface area (Å²) in [5.41, 5.74) is 1.83. The van der Waals surface area contributed by atoms with Gasteiger partial charge in [-0.25, -0.2) is 18.1 Å². The highest BCUT2D eigenvalue weighted by molar-refractivity contribution is 7.91. The van der Waals surface area contributed by atoms with E-state index in [1.54, 1.807) is 6.92 Å². The SMILES string of the molecule is CCS(=O)(=O)c1cccnc1-n1ncc(-c2ccc(OC(F)(F)F)cc2)c1C. The summed E-state index contributed by atoms with van der Waals surface area (Å²) in [5.74, 6) is -0.244. The summed E-state index contributed by atoms with van der Waals surface area (Å²) in [6.45, 7) is 3.26. The molecule has 28 heavy (non-hydrogen) atoms. The van der Waals surface area contributed by atoms with Gasteiger partial charge in [-0.1, -0.05) is 19.1 Å². The summed E-state index contributed by atoms with van der Waals surface area (Å²) in [6, 6.07) is 8.34. The Bertz CT molecular complexity index is 1090. The van der Waals surface area contributed by atoms with Crippen LogP contribution in [0.1, 0.15) is 12.6 Å². The maximum atomic E-state index is 12.3. The molecule has 0 aliphatic rings. The number of hydrogen-bond acceptors (Lipinski definition) is 5. The van der Waals surface area contributed by atoms with E-state index in [4.69, 9.17) is 0 Å². The fraction of sp³-hybridized carbons (Fsp3) is 0.222. The summed E-state index contributed by atoms with van der Waals surface area (Å²) in [6.07, 6.45) is -1.79. The van der Waals surface area contributed by atoms with Crippen LogP contribution in [-0.4, -0.2) is 35.3 Å². The van der Waals surface area contributed by atoms with Crippen LogP contribution in [0.2, 0.25) is 0 Å². The molecule has 0 saturated heterocycles. The molecule has 0 unspecified atom stereocenters. The summed E-state index contributed by atoms with van der Waals surface area (Å²) >= 11 is 0. The molecule has 0 amide bonds. The highest BCUT2D eigenvalue weighted by Gasteiger charge is 2.31. The lowest BCUT2D eigenvalue weighted by Gasteiger charge is -2.11. The predicted molar refractivity (Wildman–Crippen MR) is 95.9 cm³/mol. The number of rotatable bonds is 5. The van der Waals surface area contributed by atoms with Crippen LogP contribution in [0.25, 0.3) is 16.9 Å². The molecule has 0 radical (unpaired) electrons. The molecule has 2 heterocycles. The van der Waals surface area contributed by atoms with E-state index in [9.17, 15) is 21.6 Å². The molecule has 0 aliphatic heterocycles. The number of ether oxygens (including phenoxy) is 1. The van der Waals surface area contributed by atoms with Gasteiger partial charge >= 0.3 is 6.36 Å². The van der Waals surface area contributed by atoms with Gasteiger partial charge < -0.3 is 4.74 Å². The van der Waals surface area contributed by atoms with Crippen LogP contribution in [0.4, 0.5) is 13.2 Å². The molecule has 0 atom stereocenters. The van der Waals surface area contributed by atoms with Crippen LogP contribution in [0, 0.1) is 6.92 Å². The molecule has 1 aromatic carbocycles. The zero-order chi connectivity index (χ0) is 20.5. The first kappa shape index (κ1) is 19.9. The lowest BCUT2D eigenvalue weighted by atomic mass is 10.1. The monoisotopic (exact) mass is 411 g/mol. The molecule has 3 rings (SSSR count). The van der Waals surface area contributed by atoms with Crippen LogP contribution < -0.4 is 4.74 Å². The van der Waals surface area contributed by atoms with Gasteiger partial charge in [0, 0.05) is 11.8 Å². The Hall–Kier alpha value is -2.88. The molecule has 0 aliphatic carbocycles. The molecule has 6 nitrogen and oxygen atoms in total. The Morgan fingerprint density at radius 2 is 1.82 bits per heavy atom. The predicted octanol–water partition coefficient (Wildman–Crippen LogP) is 3.93. The molecule has 0 spiro atoms. The molecule has 3 aromatic rings. The summed E-state index contributed by atoms with van der Waals surface area (Å²) < 4.78 is 66.8. The van der Waals surface area contributed by atoms with Crippen LogP contribution in [0.3, 0.4) is 0 Å². The number of sulfone groups is 1. The molecular weight excluding hydrogens is 395 g/mol. The van der Waals surface area contributed by atoms with Gasteiger partial charge in [-0.3, -0.25) is 0 Å². The average molecular weight is 411 g/mol. The summed E-state index contributed by atoms with van der Waals surface area (Å²) in [4.78, 5) is 4.22. The third-order valence-corrected chi connectivity index (χ3v) is 5.82. The molecule has 0 saturated carbocycles. The van der Waals surface area contributed by atoms with Crippen molar-refractivity contribution in [1.29, 1.82) is 0 Å². The quantitative estimate of drug-likeness (QED) is 0.636. The minimum Gasteiger partial charge on any atom is -0.406 e. The Morgan fingerprint density at radius 3 is 2.43 bits per heavy atom. The first-order valence-electron chi connectivity index (χ1n) is 8.21. The van der Waals surface area contributed by atoms with Crippen LogP contribution in [-0.2, 0) is 9.84 Å². The number of halogens is 3. The number of hydrogen-bond donors (Lipinski definition) is 0. The zero-order valence-electron chi connectivity index (χ0n) is 14.9. The molecule has 0 fully saturated rings. The van der Waals surface area contributed by atoms with Crippen molar-refractivity contribution in [1.82, 2.24) is 14.8 Å². The minimum absolute atomic E-state index is 0.0594. The second-order valence-corrected chi connectivity index (χ2v) is 8.10. The van der Waals surface area contributed by atoms with Crippen LogP contribution in [0.5, 0.6) is 5.75 Å². The van der Waals surface area contributed by atoms with Gasteiger partial charge in [-0.2, -0.15) is 5.10 Å². The Balaban J connectivity index is 2.01. The van der Waals surface area contributed by atoms with E-state index < -0.39 is 16.2 Å². The zero-order valence-corrected chi connectivity index (χ0v) is 15.8. The average Bonchev–Trinajstić information content (AvgIpc) is 3.02. The van der Waals surface area contributed by atoms with E-state index in [0.29, 0.717) is 16.8 Å². The standard InChI is InChI=1S/C18H16F3N3O3S/c1-3-28(25,26)16-5-4-10-22-17(16)24-12(2)15(11-23-24)13-6-8-14(9-7-13)27-18(19,20)21/h4-11H,3H2,1-2H3. The second kappa shape index (κ2) is 7.27. The Kier molecular flexibility index (Phi) is 5.16. The van der Waals surface area contributed by atoms with Crippen molar-refractivity contribution in [3.05, 3.63) is 54.5 Å². The number of benzene rings is 1. The van der Waals surface area contributed by atoms with Crippen molar-refractivity contribution in [2.75, 3.05) is 5.75 Å². The summed E-state index contributed by atoms with van der Waals surface area (Å²) in [7, 11) is -3.52. The molecule has 10 heteroatoms. The molecule has 0 N–H and O–H groups in total. The van der Waals surface area contributed by atoms with Gasteiger partial charge in [-0.15, -0.1) is 13.2 Å². The van der Waals surface area contributed by atoms with Crippen LogP contribution >= 0.6 is 0 Å². The van der Waals surface area contributed by atoms with Gasteiger partial charge in [0.1, 0.15) is 10.6 Å². The third-order valence-electron chi connectivity index (χ3n) is 4.08. The van der Waals surface area contributed by atoms with Gasteiger partial charge in [0.2, 0.25) is 0 Å².